The minimum Gasteiger partial charge on any atom is -0.311 e. The SMILES string of the molecule is C=CCOC(F)(F)C(F)(F)[C](F)F. The van der Waals surface area contributed by atoms with Crippen LogP contribution in [0.4, 0.5) is 26.3 Å². The van der Waals surface area contributed by atoms with E-state index in [1.807, 2.05) is 0 Å². The van der Waals surface area contributed by atoms with Crippen LogP contribution in [-0.4, -0.2) is 18.6 Å². The largest absolute Gasteiger partial charge is 0.426 e. The highest BCUT2D eigenvalue weighted by Crippen LogP contribution is 2.43. The molecule has 0 atom stereocenters. The predicted molar refractivity (Wildman–Crippen MR) is 31.5 cm³/mol. The summed E-state index contributed by atoms with van der Waals surface area (Å²) in [7, 11) is 0. The summed E-state index contributed by atoms with van der Waals surface area (Å²) >= 11 is 0. The molecule has 0 N–H and O–H groups in total. The topological polar surface area (TPSA) is 9.23 Å². The van der Waals surface area contributed by atoms with Crippen molar-refractivity contribution in [2.24, 2.45) is 0 Å². The summed E-state index contributed by atoms with van der Waals surface area (Å²) < 4.78 is 74.0. The summed E-state index contributed by atoms with van der Waals surface area (Å²) in [6.45, 7) is 1.94. The first kappa shape index (κ1) is 12.3. The van der Waals surface area contributed by atoms with Crippen LogP contribution in [0, 0.1) is 6.43 Å². The van der Waals surface area contributed by atoms with E-state index < -0.39 is 25.1 Å². The normalized spacial score (nSPS) is 13.5. The summed E-state index contributed by atoms with van der Waals surface area (Å²) in [6, 6.07) is 0. The smallest absolute Gasteiger partial charge is 0.311 e. The molecule has 0 aliphatic rings. The third-order valence-corrected chi connectivity index (χ3v) is 0.985. The van der Waals surface area contributed by atoms with Crippen molar-refractivity contribution in [2.45, 2.75) is 12.0 Å². The zero-order valence-electron chi connectivity index (χ0n) is 6.17. The average Bonchev–Trinajstić information content (AvgIpc) is 2.00. The first-order chi connectivity index (χ1) is 5.75. The molecule has 0 saturated carbocycles. The number of alkyl halides is 4. The lowest BCUT2D eigenvalue weighted by atomic mass is 10.3. The molecule has 0 aromatic heterocycles. The van der Waals surface area contributed by atoms with Crippen molar-refractivity contribution in [3.8, 4) is 0 Å². The van der Waals surface area contributed by atoms with Gasteiger partial charge in [-0.25, -0.2) is 0 Å². The molecular weight excluding hydrogens is 202 g/mol. The molecule has 0 aromatic carbocycles. The van der Waals surface area contributed by atoms with Crippen LogP contribution in [0.15, 0.2) is 12.7 Å². The van der Waals surface area contributed by atoms with Crippen molar-refractivity contribution in [2.75, 3.05) is 6.61 Å². The Balaban J connectivity index is 4.49. The number of hydrogen-bond donors (Lipinski definition) is 0. The van der Waals surface area contributed by atoms with E-state index >= 15 is 0 Å². The first-order valence-electron chi connectivity index (χ1n) is 2.94. The second-order valence-corrected chi connectivity index (χ2v) is 1.95. The van der Waals surface area contributed by atoms with Gasteiger partial charge in [0.1, 0.15) is 0 Å². The Morgan fingerprint density at radius 1 is 1.23 bits per heavy atom. The van der Waals surface area contributed by atoms with Gasteiger partial charge in [-0.3, -0.25) is 0 Å². The van der Waals surface area contributed by atoms with E-state index in [9.17, 15) is 26.3 Å². The van der Waals surface area contributed by atoms with Crippen LogP contribution in [0.2, 0.25) is 0 Å². The lowest BCUT2D eigenvalue weighted by Crippen LogP contribution is -2.45. The van der Waals surface area contributed by atoms with Crippen LogP contribution >= 0.6 is 0 Å². The van der Waals surface area contributed by atoms with Crippen LogP contribution in [0.3, 0.4) is 0 Å². The Labute approximate surface area is 70.0 Å². The van der Waals surface area contributed by atoms with Gasteiger partial charge in [0.25, 0.3) is 0 Å². The zero-order chi connectivity index (χ0) is 10.7. The molecule has 0 heterocycles. The molecule has 0 rings (SSSR count). The number of halogens is 6. The quantitative estimate of drug-likeness (QED) is 0.497. The molecule has 0 bridgehead atoms. The molecule has 0 amide bonds. The lowest BCUT2D eigenvalue weighted by Gasteiger charge is -2.23. The Hall–Kier alpha value is -0.720. The van der Waals surface area contributed by atoms with E-state index in [4.69, 9.17) is 0 Å². The molecule has 77 valence electrons. The van der Waals surface area contributed by atoms with Gasteiger partial charge in [0.15, 0.2) is 0 Å². The summed E-state index contributed by atoms with van der Waals surface area (Å²) in [4.78, 5) is 0. The van der Waals surface area contributed by atoms with E-state index in [0.717, 1.165) is 6.08 Å². The fourth-order valence-corrected chi connectivity index (χ4v) is 0.364. The van der Waals surface area contributed by atoms with Crippen LogP contribution in [0.5, 0.6) is 0 Å². The van der Waals surface area contributed by atoms with E-state index in [0.29, 0.717) is 0 Å². The molecule has 7 heteroatoms. The average molecular weight is 207 g/mol. The van der Waals surface area contributed by atoms with Crippen molar-refractivity contribution < 1.29 is 31.1 Å². The van der Waals surface area contributed by atoms with Crippen LogP contribution < -0.4 is 0 Å². The summed E-state index contributed by atoms with van der Waals surface area (Å²) in [5, 5.41) is 0. The highest BCUT2D eigenvalue weighted by atomic mass is 19.3. The molecule has 1 nitrogen and oxygen atoms in total. The molecule has 0 unspecified atom stereocenters. The van der Waals surface area contributed by atoms with E-state index in [2.05, 4.69) is 11.3 Å². The second kappa shape index (κ2) is 3.99. The monoisotopic (exact) mass is 207 g/mol. The van der Waals surface area contributed by atoms with Crippen molar-refractivity contribution >= 4 is 0 Å². The standard InChI is InChI=1S/C6H5F6O/c1-2-3-13-6(11,12)5(9,10)4(7)8/h2H,1,3H2. The Bertz CT molecular complexity index is 178. The third-order valence-electron chi connectivity index (χ3n) is 0.985. The van der Waals surface area contributed by atoms with Gasteiger partial charge >= 0.3 is 18.5 Å². The first-order valence-corrected chi connectivity index (χ1v) is 2.94. The van der Waals surface area contributed by atoms with Gasteiger partial charge in [0.2, 0.25) is 0 Å². The molecule has 0 spiro atoms. The van der Waals surface area contributed by atoms with Crippen LogP contribution in [0.1, 0.15) is 0 Å². The minimum atomic E-state index is -5.57. The highest BCUT2D eigenvalue weighted by molar-refractivity contribution is 4.91. The Morgan fingerprint density at radius 3 is 2.00 bits per heavy atom. The summed E-state index contributed by atoms with van der Waals surface area (Å²) in [5.74, 6) is -5.57. The molecular formula is C6H5F6O. The van der Waals surface area contributed by atoms with Gasteiger partial charge in [0.05, 0.1) is 6.61 Å². The number of hydrogen-bond acceptors (Lipinski definition) is 1. The molecule has 0 fully saturated rings. The molecule has 13 heavy (non-hydrogen) atoms. The van der Waals surface area contributed by atoms with Crippen LogP contribution in [0.25, 0.3) is 0 Å². The summed E-state index contributed by atoms with van der Waals surface area (Å²) in [6.07, 6.45) is -8.18. The lowest BCUT2D eigenvalue weighted by molar-refractivity contribution is -0.351. The fourth-order valence-electron chi connectivity index (χ4n) is 0.364. The maximum Gasteiger partial charge on any atom is 0.426 e. The van der Waals surface area contributed by atoms with Crippen LogP contribution in [-0.2, 0) is 4.74 Å². The molecule has 0 aromatic rings. The van der Waals surface area contributed by atoms with Crippen molar-refractivity contribution in [3.05, 3.63) is 19.1 Å². The molecule has 0 aliphatic carbocycles. The van der Waals surface area contributed by atoms with Gasteiger partial charge in [-0.05, 0) is 0 Å². The van der Waals surface area contributed by atoms with Gasteiger partial charge in [-0.1, -0.05) is 6.08 Å². The van der Waals surface area contributed by atoms with Crippen molar-refractivity contribution in [1.82, 2.24) is 0 Å². The maximum atomic E-state index is 12.1. The fraction of sp³-hybridized carbons (Fsp3) is 0.500. The van der Waals surface area contributed by atoms with Gasteiger partial charge in [-0.2, -0.15) is 26.3 Å². The molecule has 1 radical (unpaired) electrons. The summed E-state index contributed by atoms with van der Waals surface area (Å²) in [5.41, 5.74) is 0. The van der Waals surface area contributed by atoms with Gasteiger partial charge in [-0.15, -0.1) is 6.58 Å². The third kappa shape index (κ3) is 2.61. The van der Waals surface area contributed by atoms with E-state index in [1.165, 1.54) is 0 Å². The van der Waals surface area contributed by atoms with Crippen molar-refractivity contribution in [1.29, 1.82) is 0 Å². The number of ether oxygens (including phenoxy) is 1. The Kier molecular flexibility index (Phi) is 3.77. The Morgan fingerprint density at radius 2 is 1.69 bits per heavy atom. The molecule has 0 aliphatic heterocycles. The highest BCUT2D eigenvalue weighted by Gasteiger charge is 2.65. The van der Waals surface area contributed by atoms with Crippen molar-refractivity contribution in [3.63, 3.8) is 0 Å². The zero-order valence-corrected chi connectivity index (χ0v) is 6.17. The van der Waals surface area contributed by atoms with Gasteiger partial charge in [0, 0.05) is 0 Å². The molecule has 0 saturated heterocycles. The second-order valence-electron chi connectivity index (χ2n) is 1.95. The van der Waals surface area contributed by atoms with Gasteiger partial charge < -0.3 is 4.74 Å². The maximum absolute atomic E-state index is 12.1. The minimum absolute atomic E-state index is 0.736. The predicted octanol–water partition coefficient (Wildman–Crippen LogP) is 2.85. The number of rotatable bonds is 5. The van der Waals surface area contributed by atoms with E-state index in [1.54, 1.807) is 0 Å². The van der Waals surface area contributed by atoms with E-state index in [-0.39, 0.29) is 0 Å².